The molecule has 0 aromatic carbocycles. The van der Waals surface area contributed by atoms with Gasteiger partial charge in [0.2, 0.25) is 0 Å². The second kappa shape index (κ2) is 6.89. The predicted molar refractivity (Wildman–Crippen MR) is 84.6 cm³/mol. The van der Waals surface area contributed by atoms with E-state index < -0.39 is 37.3 Å². The number of carbonyl (C=O) groups is 1. The molecule has 5 N–H and O–H groups in total. The molecule has 24 heavy (non-hydrogen) atoms. The summed E-state index contributed by atoms with van der Waals surface area (Å²) in [6.45, 7) is 4.67. The van der Waals surface area contributed by atoms with E-state index in [0.29, 0.717) is 6.42 Å². The van der Waals surface area contributed by atoms with Crippen LogP contribution in [0.5, 0.6) is 0 Å². The van der Waals surface area contributed by atoms with Gasteiger partial charge in [-0.25, -0.2) is 0 Å². The highest BCUT2D eigenvalue weighted by Crippen LogP contribution is 2.36. The molecular weight excluding hydrogens is 318 g/mol. The number of ketones is 1. The molecule has 1 aliphatic heterocycles. The summed E-state index contributed by atoms with van der Waals surface area (Å²) in [5.41, 5.74) is -0.107. The van der Waals surface area contributed by atoms with Crippen LogP contribution in [-0.2, 0) is 9.53 Å². The summed E-state index contributed by atoms with van der Waals surface area (Å²) in [6.07, 6.45) is -4.99. The normalized spacial score (nSPS) is 37.7. The van der Waals surface area contributed by atoms with Crippen LogP contribution >= 0.6 is 0 Å². The van der Waals surface area contributed by atoms with Crippen molar-refractivity contribution in [2.45, 2.75) is 64.3 Å². The Morgan fingerprint density at radius 1 is 1.25 bits per heavy atom. The summed E-state index contributed by atoms with van der Waals surface area (Å²) in [6, 6.07) is -1.23. The van der Waals surface area contributed by atoms with Crippen molar-refractivity contribution in [1.29, 1.82) is 0 Å². The fraction of sp³-hybridized carbons (Fsp3) is 0.750. The molecule has 1 fully saturated rings. The third-order valence-electron chi connectivity index (χ3n) is 4.42. The number of aliphatic hydroxyl groups is 5. The van der Waals surface area contributed by atoms with E-state index in [-0.39, 0.29) is 34.7 Å². The van der Waals surface area contributed by atoms with Gasteiger partial charge in [0, 0.05) is 18.6 Å². The number of nitrogens with zero attached hydrogens (tertiary/aromatic N) is 1. The van der Waals surface area contributed by atoms with Gasteiger partial charge in [-0.05, 0) is 12.3 Å². The van der Waals surface area contributed by atoms with E-state index in [9.17, 15) is 25.2 Å². The van der Waals surface area contributed by atoms with Gasteiger partial charge in [-0.2, -0.15) is 0 Å². The van der Waals surface area contributed by atoms with E-state index in [1.807, 2.05) is 13.8 Å². The largest absolute Gasteiger partial charge is 0.511 e. The van der Waals surface area contributed by atoms with Crippen LogP contribution in [0.2, 0.25) is 0 Å². The molecule has 8 nitrogen and oxygen atoms in total. The summed E-state index contributed by atoms with van der Waals surface area (Å²) in [7, 11) is 0. The van der Waals surface area contributed by atoms with Crippen molar-refractivity contribution < 1.29 is 35.1 Å². The highest BCUT2D eigenvalue weighted by Gasteiger charge is 2.44. The second-order valence-corrected chi connectivity index (χ2v) is 7.20. The molecule has 0 aromatic rings. The van der Waals surface area contributed by atoms with Crippen LogP contribution in [0.15, 0.2) is 16.3 Å². The standard InChI is InChI=1S/C16H25NO7/c1-7(11-8(19)4-16(2,3)5-9(11)20)17-12-14(22)13(21)10(6-18)24-15(12)23/h10,12-15,18-19,21-23H,4-6H2,1-3H3/t10-,12+,13-,14-,15+/m1/s1. The average molecular weight is 343 g/mol. The Kier molecular flexibility index (Phi) is 5.46. The van der Waals surface area contributed by atoms with Gasteiger partial charge in [-0.15, -0.1) is 0 Å². The molecule has 1 saturated heterocycles. The summed E-state index contributed by atoms with van der Waals surface area (Å²) in [4.78, 5) is 16.4. The van der Waals surface area contributed by atoms with Crippen LogP contribution in [0.1, 0.15) is 33.6 Å². The SMILES string of the molecule is CC(=N[C@H]1[C@@H](O)[C@H](O)[C@@H](CO)O[C@@H]1O)C1=C(O)CC(C)(C)CC1=O. The van der Waals surface area contributed by atoms with E-state index in [0.717, 1.165) is 0 Å². The van der Waals surface area contributed by atoms with Crippen molar-refractivity contribution >= 4 is 11.5 Å². The topological polar surface area (TPSA) is 140 Å². The number of aliphatic hydroxyl groups excluding tert-OH is 5. The monoisotopic (exact) mass is 343 g/mol. The molecule has 136 valence electrons. The lowest BCUT2D eigenvalue weighted by Gasteiger charge is -2.38. The zero-order chi connectivity index (χ0) is 18.2. The van der Waals surface area contributed by atoms with E-state index in [2.05, 4.69) is 4.99 Å². The maximum atomic E-state index is 12.3. The van der Waals surface area contributed by atoms with Crippen molar-refractivity contribution in [2.75, 3.05) is 6.61 Å². The van der Waals surface area contributed by atoms with E-state index >= 15 is 0 Å². The Balaban J connectivity index is 2.29. The Bertz CT molecular complexity index is 569. The van der Waals surface area contributed by atoms with Gasteiger partial charge in [0.05, 0.1) is 12.2 Å². The number of hydrogen-bond acceptors (Lipinski definition) is 8. The molecule has 0 bridgehead atoms. The second-order valence-electron chi connectivity index (χ2n) is 7.20. The summed E-state index contributed by atoms with van der Waals surface area (Å²) >= 11 is 0. The molecule has 8 heteroatoms. The molecule has 0 saturated carbocycles. The van der Waals surface area contributed by atoms with Crippen LogP contribution < -0.4 is 0 Å². The molecule has 1 heterocycles. The van der Waals surface area contributed by atoms with Crippen LogP contribution in [0, 0.1) is 5.41 Å². The first-order chi connectivity index (χ1) is 11.1. The molecule has 5 atom stereocenters. The summed E-state index contributed by atoms with van der Waals surface area (Å²) in [5.74, 6) is -0.341. The van der Waals surface area contributed by atoms with Gasteiger partial charge in [0.15, 0.2) is 12.1 Å². The van der Waals surface area contributed by atoms with Crippen molar-refractivity contribution in [3.63, 3.8) is 0 Å². The van der Waals surface area contributed by atoms with Crippen molar-refractivity contribution in [3.8, 4) is 0 Å². The summed E-state index contributed by atoms with van der Waals surface area (Å²) in [5, 5.41) is 49.2. The highest BCUT2D eigenvalue weighted by molar-refractivity contribution is 6.22. The van der Waals surface area contributed by atoms with Crippen molar-refractivity contribution in [3.05, 3.63) is 11.3 Å². The first-order valence-electron chi connectivity index (χ1n) is 7.88. The smallest absolute Gasteiger partial charge is 0.180 e. The Morgan fingerprint density at radius 2 is 1.88 bits per heavy atom. The zero-order valence-electron chi connectivity index (χ0n) is 14.0. The van der Waals surface area contributed by atoms with E-state index in [1.165, 1.54) is 6.92 Å². The first-order valence-corrected chi connectivity index (χ1v) is 7.88. The quantitative estimate of drug-likeness (QED) is 0.433. The molecule has 1 aliphatic carbocycles. The minimum Gasteiger partial charge on any atom is -0.511 e. The molecule has 2 rings (SSSR count). The average Bonchev–Trinajstić information content (AvgIpc) is 2.45. The Labute approximate surface area is 140 Å². The fourth-order valence-corrected chi connectivity index (χ4v) is 3.21. The van der Waals surface area contributed by atoms with Crippen molar-refractivity contribution in [2.24, 2.45) is 10.4 Å². The van der Waals surface area contributed by atoms with Gasteiger partial charge >= 0.3 is 0 Å². The van der Waals surface area contributed by atoms with Crippen LogP contribution in [0.25, 0.3) is 0 Å². The molecule has 0 radical (unpaired) electrons. The molecule has 0 amide bonds. The van der Waals surface area contributed by atoms with Gasteiger partial charge in [0.25, 0.3) is 0 Å². The third-order valence-corrected chi connectivity index (χ3v) is 4.42. The Hall–Kier alpha value is -1.32. The molecule has 0 aromatic heterocycles. The first kappa shape index (κ1) is 19.0. The Morgan fingerprint density at radius 3 is 2.42 bits per heavy atom. The number of Topliss-reactive ketones (excluding diaryl/α,β-unsaturated/α-hetero) is 1. The molecule has 0 unspecified atom stereocenters. The number of rotatable bonds is 3. The van der Waals surface area contributed by atoms with Crippen LogP contribution in [-0.4, -0.2) is 74.3 Å². The minimum absolute atomic E-state index is 0.0764. The number of aliphatic imine (C=N–C) groups is 1. The number of carbonyl (C=O) groups excluding carboxylic acids is 1. The van der Waals surface area contributed by atoms with Crippen LogP contribution in [0.3, 0.4) is 0 Å². The molecular formula is C16H25NO7. The lowest BCUT2D eigenvalue weighted by atomic mass is 9.75. The lowest BCUT2D eigenvalue weighted by molar-refractivity contribution is -0.248. The number of ether oxygens (including phenoxy) is 1. The minimum atomic E-state index is -1.55. The number of allylic oxidation sites excluding steroid dienone is 2. The van der Waals surface area contributed by atoms with E-state index in [1.54, 1.807) is 0 Å². The molecule has 0 spiro atoms. The lowest BCUT2D eigenvalue weighted by Crippen LogP contribution is -2.58. The van der Waals surface area contributed by atoms with Crippen LogP contribution in [0.4, 0.5) is 0 Å². The van der Waals surface area contributed by atoms with E-state index in [4.69, 9.17) is 9.84 Å². The highest BCUT2D eigenvalue weighted by atomic mass is 16.6. The predicted octanol–water partition coefficient (Wildman–Crippen LogP) is -0.552. The number of hydrogen-bond donors (Lipinski definition) is 5. The van der Waals surface area contributed by atoms with Gasteiger partial charge in [-0.1, -0.05) is 13.8 Å². The van der Waals surface area contributed by atoms with Gasteiger partial charge in [0.1, 0.15) is 30.1 Å². The van der Waals surface area contributed by atoms with Crippen molar-refractivity contribution in [1.82, 2.24) is 0 Å². The zero-order valence-corrected chi connectivity index (χ0v) is 14.0. The molecule has 2 aliphatic rings. The third kappa shape index (κ3) is 3.68. The summed E-state index contributed by atoms with van der Waals surface area (Å²) < 4.78 is 5.03. The maximum absolute atomic E-state index is 12.3. The fourth-order valence-electron chi connectivity index (χ4n) is 3.21. The van der Waals surface area contributed by atoms with Gasteiger partial charge < -0.3 is 30.3 Å². The van der Waals surface area contributed by atoms with Gasteiger partial charge in [-0.3, -0.25) is 9.79 Å². The maximum Gasteiger partial charge on any atom is 0.180 e.